The lowest BCUT2D eigenvalue weighted by molar-refractivity contribution is -0.114. The summed E-state index contributed by atoms with van der Waals surface area (Å²) < 4.78 is 1.92. The average molecular weight is 300 g/mol. The maximum Gasteiger partial charge on any atom is 0.222 e. The van der Waals surface area contributed by atoms with Crippen molar-refractivity contribution in [3.8, 4) is 0 Å². The molecule has 0 aromatic carbocycles. The smallest absolute Gasteiger partial charge is 0.222 e. The van der Waals surface area contributed by atoms with E-state index in [-0.39, 0.29) is 11.9 Å². The van der Waals surface area contributed by atoms with E-state index in [0.29, 0.717) is 5.82 Å². The van der Waals surface area contributed by atoms with Crippen molar-refractivity contribution in [1.29, 1.82) is 0 Å². The third kappa shape index (κ3) is 2.93. The number of hydrogen-bond donors (Lipinski definition) is 1. The predicted molar refractivity (Wildman–Crippen MR) is 83.9 cm³/mol. The van der Waals surface area contributed by atoms with Gasteiger partial charge in [0.1, 0.15) is 5.82 Å². The Morgan fingerprint density at radius 3 is 3.00 bits per heavy atom. The molecule has 0 radical (unpaired) electrons. The maximum atomic E-state index is 11.1. The minimum Gasteiger partial charge on any atom is -0.353 e. The molecule has 1 saturated heterocycles. The Bertz CT molecular complexity index is 695. The van der Waals surface area contributed by atoms with Gasteiger partial charge in [-0.25, -0.2) is 4.98 Å². The van der Waals surface area contributed by atoms with Crippen LogP contribution in [0.15, 0.2) is 18.5 Å². The number of carbonyl (C=O) groups is 1. The van der Waals surface area contributed by atoms with E-state index in [1.54, 1.807) is 6.20 Å². The molecular formula is C15H20N6O. The second kappa shape index (κ2) is 5.75. The molecule has 0 aliphatic carbocycles. The van der Waals surface area contributed by atoms with Crippen LogP contribution in [0.4, 0.5) is 11.6 Å². The third-order valence-electron chi connectivity index (χ3n) is 3.80. The molecule has 116 valence electrons. The second-order valence-electron chi connectivity index (χ2n) is 5.67. The van der Waals surface area contributed by atoms with Crippen LogP contribution in [0.1, 0.15) is 30.8 Å². The molecule has 1 aliphatic rings. The highest BCUT2D eigenvalue weighted by Gasteiger charge is 2.26. The molecule has 7 nitrogen and oxygen atoms in total. The minimum atomic E-state index is -0.107. The third-order valence-corrected chi connectivity index (χ3v) is 3.80. The Labute approximate surface area is 129 Å². The lowest BCUT2D eigenvalue weighted by Gasteiger charge is -2.19. The fraction of sp³-hybridized carbons (Fsp3) is 0.467. The SMILES string of the molecule is CC(=O)Nc1ccn([C@@H]2CCN(c3nc(C)cnc3C)C2)n1. The number of nitrogens with zero attached hydrogens (tertiary/aromatic N) is 5. The average Bonchev–Trinajstić information content (AvgIpc) is 3.09. The summed E-state index contributed by atoms with van der Waals surface area (Å²) in [5.74, 6) is 1.44. The lowest BCUT2D eigenvalue weighted by Crippen LogP contribution is -2.23. The first kappa shape index (κ1) is 14.5. The van der Waals surface area contributed by atoms with Gasteiger partial charge in [-0.15, -0.1) is 0 Å². The van der Waals surface area contributed by atoms with Crippen molar-refractivity contribution >= 4 is 17.5 Å². The Hall–Kier alpha value is -2.44. The summed E-state index contributed by atoms with van der Waals surface area (Å²) >= 11 is 0. The van der Waals surface area contributed by atoms with E-state index in [9.17, 15) is 4.79 Å². The van der Waals surface area contributed by atoms with Gasteiger partial charge < -0.3 is 10.2 Å². The zero-order valence-corrected chi connectivity index (χ0v) is 13.1. The van der Waals surface area contributed by atoms with Crippen molar-refractivity contribution in [3.63, 3.8) is 0 Å². The van der Waals surface area contributed by atoms with Crippen molar-refractivity contribution in [2.24, 2.45) is 0 Å². The van der Waals surface area contributed by atoms with Crippen LogP contribution < -0.4 is 10.2 Å². The van der Waals surface area contributed by atoms with Gasteiger partial charge in [-0.2, -0.15) is 5.10 Å². The number of rotatable bonds is 3. The largest absolute Gasteiger partial charge is 0.353 e. The summed E-state index contributed by atoms with van der Waals surface area (Å²) in [6, 6.07) is 2.10. The monoisotopic (exact) mass is 300 g/mol. The van der Waals surface area contributed by atoms with Crippen LogP contribution in [-0.4, -0.2) is 38.7 Å². The summed E-state index contributed by atoms with van der Waals surface area (Å²) in [5.41, 5.74) is 1.88. The van der Waals surface area contributed by atoms with Crippen LogP contribution in [-0.2, 0) is 4.79 Å². The summed E-state index contributed by atoms with van der Waals surface area (Å²) in [6.07, 6.45) is 4.70. The molecule has 0 unspecified atom stereocenters. The molecule has 2 aromatic rings. The second-order valence-corrected chi connectivity index (χ2v) is 5.67. The fourth-order valence-electron chi connectivity index (χ4n) is 2.76. The first-order valence-electron chi connectivity index (χ1n) is 7.41. The Morgan fingerprint density at radius 2 is 2.23 bits per heavy atom. The maximum absolute atomic E-state index is 11.1. The number of aromatic nitrogens is 4. The summed E-state index contributed by atoms with van der Waals surface area (Å²) in [5, 5.41) is 7.12. The van der Waals surface area contributed by atoms with Gasteiger partial charge in [0.2, 0.25) is 5.91 Å². The molecule has 3 rings (SSSR count). The van der Waals surface area contributed by atoms with E-state index in [2.05, 4.69) is 25.3 Å². The van der Waals surface area contributed by atoms with Crippen LogP contribution in [0.3, 0.4) is 0 Å². The quantitative estimate of drug-likeness (QED) is 0.933. The zero-order valence-electron chi connectivity index (χ0n) is 13.1. The lowest BCUT2D eigenvalue weighted by atomic mass is 10.3. The van der Waals surface area contributed by atoms with Gasteiger partial charge in [-0.3, -0.25) is 14.5 Å². The van der Waals surface area contributed by atoms with Gasteiger partial charge in [-0.05, 0) is 20.3 Å². The van der Waals surface area contributed by atoms with Crippen molar-refractivity contribution in [2.75, 3.05) is 23.3 Å². The van der Waals surface area contributed by atoms with E-state index in [1.807, 2.05) is 30.8 Å². The van der Waals surface area contributed by atoms with Crippen molar-refractivity contribution in [2.45, 2.75) is 33.2 Å². The van der Waals surface area contributed by atoms with Gasteiger partial charge in [0.05, 0.1) is 17.4 Å². The van der Waals surface area contributed by atoms with Gasteiger partial charge in [0.25, 0.3) is 0 Å². The van der Waals surface area contributed by atoms with Gasteiger partial charge in [0.15, 0.2) is 5.82 Å². The van der Waals surface area contributed by atoms with Gasteiger partial charge in [0, 0.05) is 38.5 Å². The molecule has 7 heteroatoms. The Morgan fingerprint density at radius 1 is 1.41 bits per heavy atom. The molecule has 1 amide bonds. The van der Waals surface area contributed by atoms with E-state index in [0.717, 1.165) is 36.7 Å². The van der Waals surface area contributed by atoms with E-state index in [1.165, 1.54) is 6.92 Å². The number of carbonyl (C=O) groups excluding carboxylic acids is 1. The number of amides is 1. The molecule has 1 N–H and O–H groups in total. The zero-order chi connectivity index (χ0) is 15.7. The molecule has 2 aromatic heterocycles. The van der Waals surface area contributed by atoms with Crippen LogP contribution in [0.25, 0.3) is 0 Å². The fourth-order valence-corrected chi connectivity index (χ4v) is 2.76. The Kier molecular flexibility index (Phi) is 3.79. The van der Waals surface area contributed by atoms with Crippen LogP contribution in [0.5, 0.6) is 0 Å². The minimum absolute atomic E-state index is 0.107. The first-order valence-corrected chi connectivity index (χ1v) is 7.41. The number of nitrogens with one attached hydrogen (secondary N) is 1. The molecule has 22 heavy (non-hydrogen) atoms. The molecular weight excluding hydrogens is 280 g/mol. The highest BCUT2D eigenvalue weighted by atomic mass is 16.1. The highest BCUT2D eigenvalue weighted by molar-refractivity contribution is 5.87. The number of anilines is 2. The van der Waals surface area contributed by atoms with E-state index >= 15 is 0 Å². The number of hydrogen-bond acceptors (Lipinski definition) is 5. The van der Waals surface area contributed by atoms with Crippen LogP contribution in [0.2, 0.25) is 0 Å². The van der Waals surface area contributed by atoms with E-state index in [4.69, 9.17) is 0 Å². The molecule has 1 fully saturated rings. The van der Waals surface area contributed by atoms with Crippen molar-refractivity contribution in [1.82, 2.24) is 19.7 Å². The molecule has 0 bridgehead atoms. The molecule has 1 aliphatic heterocycles. The molecule has 3 heterocycles. The van der Waals surface area contributed by atoms with Gasteiger partial charge >= 0.3 is 0 Å². The summed E-state index contributed by atoms with van der Waals surface area (Å²) in [6.45, 7) is 7.20. The van der Waals surface area contributed by atoms with E-state index < -0.39 is 0 Å². The predicted octanol–water partition coefficient (Wildman–Crippen LogP) is 1.70. The molecule has 1 atom stereocenters. The first-order chi connectivity index (χ1) is 10.5. The number of aryl methyl sites for hydroxylation is 2. The van der Waals surface area contributed by atoms with Crippen molar-refractivity contribution in [3.05, 3.63) is 29.8 Å². The summed E-state index contributed by atoms with van der Waals surface area (Å²) in [4.78, 5) is 22.3. The summed E-state index contributed by atoms with van der Waals surface area (Å²) in [7, 11) is 0. The van der Waals surface area contributed by atoms with Gasteiger partial charge in [-0.1, -0.05) is 0 Å². The van der Waals surface area contributed by atoms with Crippen LogP contribution >= 0.6 is 0 Å². The normalized spacial score (nSPS) is 17.8. The molecule has 0 saturated carbocycles. The van der Waals surface area contributed by atoms with Crippen molar-refractivity contribution < 1.29 is 4.79 Å². The molecule has 0 spiro atoms. The topological polar surface area (TPSA) is 75.9 Å². The standard InChI is InChI=1S/C15H20N6O/c1-10-8-16-11(2)15(17-10)20-6-4-13(9-20)21-7-5-14(19-21)18-12(3)22/h5,7-8,13H,4,6,9H2,1-3H3,(H,18,19,22)/t13-/m1/s1. The van der Waals surface area contributed by atoms with Crippen LogP contribution in [0, 0.1) is 13.8 Å². The Balaban J connectivity index is 1.73. The highest BCUT2D eigenvalue weighted by Crippen LogP contribution is 2.27.